The highest BCUT2D eigenvalue weighted by Gasteiger charge is 2.11. The normalized spacial score (nSPS) is 11.4. The van der Waals surface area contributed by atoms with Crippen LogP contribution < -0.4 is 0 Å². The van der Waals surface area contributed by atoms with E-state index in [9.17, 15) is 0 Å². The minimum Gasteiger partial charge on any atom is -0.311 e. The summed E-state index contributed by atoms with van der Waals surface area (Å²) in [6.07, 6.45) is 5.70. The van der Waals surface area contributed by atoms with Crippen LogP contribution in [0.15, 0.2) is 67.0 Å². The molecule has 0 saturated carbocycles. The molecule has 5 heteroatoms. The molecule has 0 fully saturated rings. The molecule has 2 aromatic carbocycles. The predicted molar refractivity (Wildman–Crippen MR) is 101 cm³/mol. The molecule has 4 aromatic rings. The molecule has 0 radical (unpaired) electrons. The van der Waals surface area contributed by atoms with Gasteiger partial charge >= 0.3 is 0 Å². The highest BCUT2D eigenvalue weighted by atomic mass is 35.5. The molecule has 4 nitrogen and oxygen atoms in total. The van der Waals surface area contributed by atoms with E-state index in [0.717, 1.165) is 16.7 Å². The summed E-state index contributed by atoms with van der Waals surface area (Å²) in [4.78, 5) is 13.2. The Morgan fingerprint density at radius 1 is 0.880 bits per heavy atom. The SMILES string of the molecule is Clc1nc(/C=C/c2ccccc2)c2ncn(Cc3ccccc3)c2n1. The third kappa shape index (κ3) is 3.44. The van der Waals surface area contributed by atoms with Crippen molar-refractivity contribution in [2.45, 2.75) is 6.54 Å². The zero-order valence-electron chi connectivity index (χ0n) is 13.4. The zero-order valence-corrected chi connectivity index (χ0v) is 14.1. The summed E-state index contributed by atoms with van der Waals surface area (Å²) in [5.74, 6) is 0. The lowest BCUT2D eigenvalue weighted by molar-refractivity contribution is 0.813. The second-order valence-corrected chi connectivity index (χ2v) is 5.99. The topological polar surface area (TPSA) is 43.6 Å². The van der Waals surface area contributed by atoms with E-state index < -0.39 is 0 Å². The molecule has 0 spiro atoms. The van der Waals surface area contributed by atoms with Gasteiger partial charge in [0.05, 0.1) is 18.6 Å². The van der Waals surface area contributed by atoms with E-state index in [0.29, 0.717) is 12.2 Å². The highest BCUT2D eigenvalue weighted by Crippen LogP contribution is 2.20. The van der Waals surface area contributed by atoms with E-state index in [4.69, 9.17) is 11.6 Å². The lowest BCUT2D eigenvalue weighted by atomic mass is 10.2. The molecule has 0 aliphatic carbocycles. The average molecular weight is 347 g/mol. The molecule has 2 heterocycles. The third-order valence-corrected chi connectivity index (χ3v) is 4.06. The number of imidazole rings is 1. The first kappa shape index (κ1) is 15.5. The van der Waals surface area contributed by atoms with Gasteiger partial charge in [0.15, 0.2) is 5.65 Å². The van der Waals surface area contributed by atoms with Crippen molar-refractivity contribution < 1.29 is 0 Å². The van der Waals surface area contributed by atoms with Gasteiger partial charge in [-0.1, -0.05) is 66.7 Å². The van der Waals surface area contributed by atoms with Crippen LogP contribution >= 0.6 is 11.6 Å². The molecule has 0 aliphatic rings. The Bertz CT molecular complexity index is 1020. The van der Waals surface area contributed by atoms with Crippen LogP contribution in [0.3, 0.4) is 0 Å². The smallest absolute Gasteiger partial charge is 0.225 e. The summed E-state index contributed by atoms with van der Waals surface area (Å²) in [5.41, 5.74) is 4.46. The van der Waals surface area contributed by atoms with Gasteiger partial charge in [-0.3, -0.25) is 0 Å². The Morgan fingerprint density at radius 3 is 2.36 bits per heavy atom. The van der Waals surface area contributed by atoms with Gasteiger partial charge in [-0.15, -0.1) is 0 Å². The van der Waals surface area contributed by atoms with Crippen molar-refractivity contribution in [2.24, 2.45) is 0 Å². The fourth-order valence-corrected chi connectivity index (χ4v) is 2.86. The van der Waals surface area contributed by atoms with Gasteiger partial charge in [-0.2, -0.15) is 4.98 Å². The van der Waals surface area contributed by atoms with E-state index in [2.05, 4.69) is 27.1 Å². The number of rotatable bonds is 4. The van der Waals surface area contributed by atoms with Gasteiger partial charge < -0.3 is 4.57 Å². The van der Waals surface area contributed by atoms with Crippen molar-refractivity contribution in [1.82, 2.24) is 19.5 Å². The first-order valence-corrected chi connectivity index (χ1v) is 8.33. The van der Waals surface area contributed by atoms with Crippen molar-refractivity contribution in [3.05, 3.63) is 89.1 Å². The molecule has 0 unspecified atom stereocenters. The Morgan fingerprint density at radius 2 is 1.60 bits per heavy atom. The number of hydrogen-bond acceptors (Lipinski definition) is 3. The Kier molecular flexibility index (Phi) is 4.27. The number of aromatic nitrogens is 4. The minimum atomic E-state index is 0.218. The summed E-state index contributed by atoms with van der Waals surface area (Å²) < 4.78 is 1.98. The minimum absolute atomic E-state index is 0.218. The summed E-state index contributed by atoms with van der Waals surface area (Å²) in [6.45, 7) is 0.687. The van der Waals surface area contributed by atoms with E-state index in [1.807, 2.05) is 65.3 Å². The van der Waals surface area contributed by atoms with Gasteiger partial charge in [-0.25, -0.2) is 9.97 Å². The largest absolute Gasteiger partial charge is 0.311 e. The van der Waals surface area contributed by atoms with Crippen molar-refractivity contribution in [3.8, 4) is 0 Å². The summed E-state index contributed by atoms with van der Waals surface area (Å²) in [6, 6.07) is 20.2. The zero-order chi connectivity index (χ0) is 17.1. The first-order valence-electron chi connectivity index (χ1n) is 7.95. The van der Waals surface area contributed by atoms with Crippen LogP contribution in [0.25, 0.3) is 23.3 Å². The van der Waals surface area contributed by atoms with Crippen LogP contribution in [0, 0.1) is 0 Å². The van der Waals surface area contributed by atoms with Crippen LogP contribution in [-0.2, 0) is 6.54 Å². The van der Waals surface area contributed by atoms with Gasteiger partial charge in [0, 0.05) is 0 Å². The molecule has 0 atom stereocenters. The number of hydrogen-bond donors (Lipinski definition) is 0. The summed E-state index contributed by atoms with van der Waals surface area (Å²) >= 11 is 6.14. The molecular weight excluding hydrogens is 332 g/mol. The molecule has 2 aromatic heterocycles. The Balaban J connectivity index is 1.73. The van der Waals surface area contributed by atoms with E-state index >= 15 is 0 Å². The van der Waals surface area contributed by atoms with E-state index in [1.165, 1.54) is 5.56 Å². The van der Waals surface area contributed by atoms with Crippen LogP contribution in [-0.4, -0.2) is 19.5 Å². The molecule has 25 heavy (non-hydrogen) atoms. The number of fused-ring (bicyclic) bond motifs is 1. The lowest BCUT2D eigenvalue weighted by Crippen LogP contribution is -2.00. The van der Waals surface area contributed by atoms with Crippen molar-refractivity contribution in [3.63, 3.8) is 0 Å². The molecule has 0 saturated heterocycles. The molecule has 0 bridgehead atoms. The quantitative estimate of drug-likeness (QED) is 0.503. The monoisotopic (exact) mass is 346 g/mol. The number of halogens is 1. The van der Waals surface area contributed by atoms with E-state index in [1.54, 1.807) is 6.33 Å². The van der Waals surface area contributed by atoms with Crippen LogP contribution in [0.1, 0.15) is 16.8 Å². The number of nitrogens with zero attached hydrogens (tertiary/aromatic N) is 4. The predicted octanol–water partition coefficient (Wildman–Crippen LogP) is 4.70. The maximum atomic E-state index is 6.14. The fourth-order valence-electron chi connectivity index (χ4n) is 2.69. The molecule has 0 amide bonds. The molecule has 0 aliphatic heterocycles. The van der Waals surface area contributed by atoms with Crippen LogP contribution in [0.2, 0.25) is 5.28 Å². The lowest BCUT2D eigenvalue weighted by Gasteiger charge is -2.04. The summed E-state index contributed by atoms with van der Waals surface area (Å²) in [7, 11) is 0. The second kappa shape index (κ2) is 6.87. The second-order valence-electron chi connectivity index (χ2n) is 5.65. The Hall–Kier alpha value is -2.98. The molecule has 122 valence electrons. The molecular formula is C20H15ClN4. The van der Waals surface area contributed by atoms with Gasteiger partial charge in [0.25, 0.3) is 0 Å². The fraction of sp³-hybridized carbons (Fsp3) is 0.0500. The first-order chi connectivity index (χ1) is 12.3. The number of benzene rings is 2. The highest BCUT2D eigenvalue weighted by molar-refractivity contribution is 6.28. The van der Waals surface area contributed by atoms with Gasteiger partial charge in [0.1, 0.15) is 5.52 Å². The third-order valence-electron chi connectivity index (χ3n) is 3.89. The van der Waals surface area contributed by atoms with Gasteiger partial charge in [0.2, 0.25) is 5.28 Å². The summed E-state index contributed by atoms with van der Waals surface area (Å²) in [5, 5.41) is 0.218. The van der Waals surface area contributed by atoms with Crippen molar-refractivity contribution >= 4 is 34.9 Å². The molecule has 0 N–H and O–H groups in total. The van der Waals surface area contributed by atoms with Crippen molar-refractivity contribution in [2.75, 3.05) is 0 Å². The maximum absolute atomic E-state index is 6.14. The maximum Gasteiger partial charge on any atom is 0.225 e. The Labute approximate surface area is 150 Å². The van der Waals surface area contributed by atoms with Crippen LogP contribution in [0.4, 0.5) is 0 Å². The average Bonchev–Trinajstić information content (AvgIpc) is 3.04. The van der Waals surface area contributed by atoms with Gasteiger partial charge in [-0.05, 0) is 28.8 Å². The van der Waals surface area contributed by atoms with Crippen LogP contribution in [0.5, 0.6) is 0 Å². The van der Waals surface area contributed by atoms with E-state index in [-0.39, 0.29) is 5.28 Å². The molecule has 4 rings (SSSR count). The standard InChI is InChI=1S/C20H15ClN4/c21-20-23-17(12-11-15-7-3-1-4-8-15)18-19(24-20)25(14-22-18)13-16-9-5-2-6-10-16/h1-12,14H,13H2/b12-11+. The van der Waals surface area contributed by atoms with Crippen molar-refractivity contribution in [1.29, 1.82) is 0 Å².